The summed E-state index contributed by atoms with van der Waals surface area (Å²) in [5.41, 5.74) is 1.82. The first-order chi connectivity index (χ1) is 9.71. The van der Waals surface area contributed by atoms with E-state index in [9.17, 15) is 0 Å². The van der Waals surface area contributed by atoms with Gasteiger partial charge in [0.15, 0.2) is 0 Å². The predicted octanol–water partition coefficient (Wildman–Crippen LogP) is 4.23. The van der Waals surface area contributed by atoms with Gasteiger partial charge in [-0.15, -0.1) is 11.6 Å². The molecule has 3 rings (SSSR count). The molecule has 2 unspecified atom stereocenters. The summed E-state index contributed by atoms with van der Waals surface area (Å²) in [5, 5.41) is 3.56. The van der Waals surface area contributed by atoms with Gasteiger partial charge in [-0.2, -0.15) is 0 Å². The zero-order valence-corrected chi connectivity index (χ0v) is 12.5. The molecule has 1 aliphatic rings. The second kappa shape index (κ2) is 5.57. The summed E-state index contributed by atoms with van der Waals surface area (Å²) in [6, 6.07) is 7.93. The first kappa shape index (κ1) is 13.6. The molecule has 0 radical (unpaired) electrons. The van der Waals surface area contributed by atoms with Gasteiger partial charge in [-0.3, -0.25) is 4.98 Å². The third kappa shape index (κ3) is 2.73. The van der Waals surface area contributed by atoms with E-state index in [4.69, 9.17) is 11.6 Å². The summed E-state index contributed by atoms with van der Waals surface area (Å²) < 4.78 is 0. The lowest BCUT2D eigenvalue weighted by Gasteiger charge is -2.39. The quantitative estimate of drug-likeness (QED) is 0.859. The van der Waals surface area contributed by atoms with Crippen LogP contribution in [0.5, 0.6) is 0 Å². The molecule has 0 spiro atoms. The molecular formula is C16H20ClN3. The summed E-state index contributed by atoms with van der Waals surface area (Å²) in [5.74, 6) is 2.16. The number of nitrogens with one attached hydrogen (secondary N) is 1. The Kier molecular flexibility index (Phi) is 3.79. The summed E-state index contributed by atoms with van der Waals surface area (Å²) in [7, 11) is 0. The maximum Gasteiger partial charge on any atom is 0.145 e. The molecule has 0 amide bonds. The maximum atomic E-state index is 6.26. The first-order valence-electron chi connectivity index (χ1n) is 7.27. The van der Waals surface area contributed by atoms with Crippen LogP contribution in [0.1, 0.15) is 32.6 Å². The Bertz CT molecular complexity index is 601. The number of rotatable bonds is 3. The van der Waals surface area contributed by atoms with Crippen molar-refractivity contribution in [3.05, 3.63) is 30.5 Å². The zero-order valence-electron chi connectivity index (χ0n) is 11.8. The first-order valence-corrected chi connectivity index (χ1v) is 7.80. The number of fused-ring (bicyclic) bond motifs is 1. The average Bonchev–Trinajstić information content (AvgIpc) is 2.47. The minimum atomic E-state index is -0.0314. The van der Waals surface area contributed by atoms with Crippen molar-refractivity contribution in [2.75, 3.05) is 11.2 Å². The Balaban J connectivity index is 1.87. The van der Waals surface area contributed by atoms with Crippen LogP contribution in [0, 0.1) is 5.92 Å². The highest BCUT2D eigenvalue weighted by molar-refractivity contribution is 6.18. The fourth-order valence-corrected chi connectivity index (χ4v) is 3.53. The van der Waals surface area contributed by atoms with Crippen LogP contribution in [-0.4, -0.2) is 21.4 Å². The number of nitrogens with zero attached hydrogens (tertiary/aromatic N) is 2. The molecule has 106 valence electrons. The van der Waals surface area contributed by atoms with Crippen molar-refractivity contribution in [2.45, 2.75) is 38.1 Å². The minimum Gasteiger partial charge on any atom is -0.362 e. The van der Waals surface area contributed by atoms with Gasteiger partial charge >= 0.3 is 0 Å². The lowest BCUT2D eigenvalue weighted by molar-refractivity contribution is 0.279. The van der Waals surface area contributed by atoms with Gasteiger partial charge < -0.3 is 5.32 Å². The number of hydrogen-bond acceptors (Lipinski definition) is 3. The van der Waals surface area contributed by atoms with E-state index in [1.165, 1.54) is 12.8 Å². The van der Waals surface area contributed by atoms with Crippen molar-refractivity contribution in [3.8, 4) is 0 Å². The molecule has 0 bridgehead atoms. The topological polar surface area (TPSA) is 37.8 Å². The second-order valence-corrected chi connectivity index (χ2v) is 6.25. The van der Waals surface area contributed by atoms with Gasteiger partial charge in [-0.05, 0) is 30.9 Å². The standard InChI is InChI=1S/C16H20ClN3/c1-12-5-4-8-16(9-12,11-17)20-15-10-18-13-6-2-3-7-14(13)19-15/h2-3,6-7,10,12H,4-5,8-9,11H2,1H3,(H,19,20). The van der Waals surface area contributed by atoms with E-state index in [0.717, 1.165) is 29.7 Å². The van der Waals surface area contributed by atoms with Crippen LogP contribution in [0.4, 0.5) is 5.82 Å². The number of para-hydroxylation sites is 2. The number of anilines is 1. The smallest absolute Gasteiger partial charge is 0.145 e. The number of aromatic nitrogens is 2. The molecule has 2 atom stereocenters. The molecule has 0 aliphatic heterocycles. The van der Waals surface area contributed by atoms with Crippen molar-refractivity contribution in [3.63, 3.8) is 0 Å². The molecule has 1 saturated carbocycles. The van der Waals surface area contributed by atoms with E-state index in [1.807, 2.05) is 30.5 Å². The summed E-state index contributed by atoms with van der Waals surface area (Å²) in [6.45, 7) is 2.30. The maximum absolute atomic E-state index is 6.26. The van der Waals surface area contributed by atoms with Crippen molar-refractivity contribution in [2.24, 2.45) is 5.92 Å². The summed E-state index contributed by atoms with van der Waals surface area (Å²) in [6.07, 6.45) is 6.54. The zero-order chi connectivity index (χ0) is 14.0. The third-order valence-electron chi connectivity index (χ3n) is 4.19. The molecule has 1 aromatic carbocycles. The highest BCUT2D eigenvalue weighted by Gasteiger charge is 2.34. The molecule has 1 fully saturated rings. The van der Waals surface area contributed by atoms with Crippen molar-refractivity contribution in [1.29, 1.82) is 0 Å². The fraction of sp³-hybridized carbons (Fsp3) is 0.500. The molecule has 1 N–H and O–H groups in total. The van der Waals surface area contributed by atoms with E-state index in [0.29, 0.717) is 11.8 Å². The SMILES string of the molecule is CC1CCCC(CCl)(Nc2cnc3ccccc3n2)C1. The number of benzene rings is 1. The highest BCUT2D eigenvalue weighted by Crippen LogP contribution is 2.35. The summed E-state index contributed by atoms with van der Waals surface area (Å²) in [4.78, 5) is 9.12. The Labute approximate surface area is 124 Å². The lowest BCUT2D eigenvalue weighted by atomic mass is 9.77. The van der Waals surface area contributed by atoms with Gasteiger partial charge in [-0.1, -0.05) is 31.9 Å². The van der Waals surface area contributed by atoms with E-state index >= 15 is 0 Å². The van der Waals surface area contributed by atoms with Gasteiger partial charge in [0.25, 0.3) is 0 Å². The Hall–Kier alpha value is -1.35. The van der Waals surface area contributed by atoms with Gasteiger partial charge in [0.1, 0.15) is 5.82 Å². The number of hydrogen-bond donors (Lipinski definition) is 1. The van der Waals surface area contributed by atoms with E-state index < -0.39 is 0 Å². The average molecular weight is 290 g/mol. The Morgan fingerprint density at radius 1 is 1.35 bits per heavy atom. The van der Waals surface area contributed by atoms with Gasteiger partial charge in [0.2, 0.25) is 0 Å². The minimum absolute atomic E-state index is 0.0314. The largest absolute Gasteiger partial charge is 0.362 e. The molecule has 2 aromatic rings. The fourth-order valence-electron chi connectivity index (χ4n) is 3.22. The van der Waals surface area contributed by atoms with Crippen LogP contribution in [0.2, 0.25) is 0 Å². The van der Waals surface area contributed by atoms with Crippen LogP contribution in [0.3, 0.4) is 0 Å². The molecule has 20 heavy (non-hydrogen) atoms. The van der Waals surface area contributed by atoms with Gasteiger partial charge in [0.05, 0.1) is 22.8 Å². The van der Waals surface area contributed by atoms with E-state index in [1.54, 1.807) is 0 Å². The normalized spacial score (nSPS) is 26.6. The van der Waals surface area contributed by atoms with Crippen LogP contribution < -0.4 is 5.32 Å². The van der Waals surface area contributed by atoms with Crippen molar-refractivity contribution >= 4 is 28.5 Å². The monoisotopic (exact) mass is 289 g/mol. The lowest BCUT2D eigenvalue weighted by Crippen LogP contribution is -2.44. The third-order valence-corrected chi connectivity index (χ3v) is 4.70. The van der Waals surface area contributed by atoms with Gasteiger partial charge in [0, 0.05) is 5.88 Å². The molecule has 4 heteroatoms. The Morgan fingerprint density at radius 2 is 2.15 bits per heavy atom. The van der Waals surface area contributed by atoms with Crippen LogP contribution in [0.25, 0.3) is 11.0 Å². The summed E-state index contributed by atoms with van der Waals surface area (Å²) >= 11 is 6.26. The Morgan fingerprint density at radius 3 is 2.90 bits per heavy atom. The molecule has 1 heterocycles. The number of alkyl halides is 1. The van der Waals surface area contributed by atoms with Crippen LogP contribution in [0.15, 0.2) is 30.5 Å². The van der Waals surface area contributed by atoms with Crippen molar-refractivity contribution < 1.29 is 0 Å². The second-order valence-electron chi connectivity index (χ2n) is 5.98. The molecule has 1 aromatic heterocycles. The predicted molar refractivity (Wildman–Crippen MR) is 84.2 cm³/mol. The van der Waals surface area contributed by atoms with Crippen LogP contribution in [-0.2, 0) is 0 Å². The van der Waals surface area contributed by atoms with Crippen LogP contribution >= 0.6 is 11.6 Å². The highest BCUT2D eigenvalue weighted by atomic mass is 35.5. The van der Waals surface area contributed by atoms with E-state index in [2.05, 4.69) is 22.2 Å². The molecule has 1 aliphatic carbocycles. The molecular weight excluding hydrogens is 270 g/mol. The van der Waals surface area contributed by atoms with Crippen molar-refractivity contribution in [1.82, 2.24) is 9.97 Å². The van der Waals surface area contributed by atoms with E-state index in [-0.39, 0.29) is 5.54 Å². The molecule has 3 nitrogen and oxygen atoms in total. The molecule has 0 saturated heterocycles. The van der Waals surface area contributed by atoms with Gasteiger partial charge in [-0.25, -0.2) is 4.98 Å². The number of halogens is 1.